The number of rotatable bonds is 3. The summed E-state index contributed by atoms with van der Waals surface area (Å²) in [6, 6.07) is 1.64. The van der Waals surface area contributed by atoms with Crippen LogP contribution in [0.3, 0.4) is 0 Å². The van der Waals surface area contributed by atoms with Crippen molar-refractivity contribution >= 4 is 21.6 Å². The van der Waals surface area contributed by atoms with Gasteiger partial charge in [-0.05, 0) is 19.4 Å². The molecule has 5 nitrogen and oxygen atoms in total. The Kier molecular flexibility index (Phi) is 4.55. The summed E-state index contributed by atoms with van der Waals surface area (Å²) in [5, 5.41) is 0. The van der Waals surface area contributed by atoms with Crippen LogP contribution in [0.25, 0.3) is 0 Å². The zero-order valence-electron chi connectivity index (χ0n) is 11.2. The molecule has 108 valence electrons. The fourth-order valence-electron chi connectivity index (χ4n) is 2.17. The summed E-state index contributed by atoms with van der Waals surface area (Å²) in [6.45, 7) is 3.39. The first kappa shape index (κ1) is 14.8. The topological polar surface area (TPSA) is 51.5 Å². The highest BCUT2D eigenvalue weighted by Crippen LogP contribution is 2.21. The van der Waals surface area contributed by atoms with E-state index in [4.69, 9.17) is 16.3 Å². The number of hydrogen-bond donors (Lipinski definition) is 0. The van der Waals surface area contributed by atoms with Gasteiger partial charge in [0.15, 0.2) is 0 Å². The van der Waals surface area contributed by atoms with E-state index in [2.05, 4.69) is 0 Å². The molecule has 19 heavy (non-hydrogen) atoms. The number of halogens is 1. The molecular weight excluding hydrogens is 288 g/mol. The summed E-state index contributed by atoms with van der Waals surface area (Å²) in [7, 11) is -1.66. The van der Waals surface area contributed by atoms with Crippen LogP contribution in [0.5, 0.6) is 0 Å². The lowest BCUT2D eigenvalue weighted by Crippen LogP contribution is -2.35. The lowest BCUT2D eigenvalue weighted by atomic mass is 10.4. The van der Waals surface area contributed by atoms with Gasteiger partial charge < -0.3 is 9.30 Å². The van der Waals surface area contributed by atoms with E-state index in [1.165, 1.54) is 4.31 Å². The van der Waals surface area contributed by atoms with Gasteiger partial charge in [0.05, 0.1) is 12.0 Å². The predicted molar refractivity (Wildman–Crippen MR) is 73.8 cm³/mol. The first-order valence-corrected chi connectivity index (χ1v) is 8.25. The molecule has 1 unspecified atom stereocenters. The monoisotopic (exact) mass is 306 g/mol. The maximum absolute atomic E-state index is 12.6. The van der Waals surface area contributed by atoms with E-state index in [0.717, 1.165) is 12.1 Å². The van der Waals surface area contributed by atoms with Gasteiger partial charge in [-0.3, -0.25) is 0 Å². The Morgan fingerprint density at radius 1 is 1.53 bits per heavy atom. The molecule has 2 rings (SSSR count). The predicted octanol–water partition coefficient (Wildman–Crippen LogP) is 1.56. The van der Waals surface area contributed by atoms with Crippen molar-refractivity contribution in [3.8, 4) is 0 Å². The summed E-state index contributed by atoms with van der Waals surface area (Å²) in [6.07, 6.45) is 2.26. The second kappa shape index (κ2) is 5.83. The van der Waals surface area contributed by atoms with E-state index in [0.29, 0.717) is 30.5 Å². The van der Waals surface area contributed by atoms with E-state index in [1.807, 2.05) is 6.92 Å². The van der Waals surface area contributed by atoms with Gasteiger partial charge in [-0.15, -0.1) is 11.6 Å². The molecule has 0 amide bonds. The zero-order chi connectivity index (χ0) is 14.0. The number of sulfonamides is 1. The summed E-state index contributed by atoms with van der Waals surface area (Å²) in [5.74, 6) is 0.297. The second-order valence-electron chi connectivity index (χ2n) is 4.81. The van der Waals surface area contributed by atoms with E-state index in [-0.39, 0.29) is 6.10 Å². The van der Waals surface area contributed by atoms with Crippen molar-refractivity contribution in [2.75, 3.05) is 19.7 Å². The molecular formula is C12H19ClN2O3S. The van der Waals surface area contributed by atoms with Crippen molar-refractivity contribution in [1.82, 2.24) is 8.87 Å². The van der Waals surface area contributed by atoms with Crippen molar-refractivity contribution in [3.63, 3.8) is 0 Å². The Morgan fingerprint density at radius 3 is 2.89 bits per heavy atom. The maximum atomic E-state index is 12.6. The third-order valence-electron chi connectivity index (χ3n) is 3.27. The molecule has 0 aromatic carbocycles. The molecule has 1 aromatic heterocycles. The molecule has 0 N–H and O–H groups in total. The van der Waals surface area contributed by atoms with Crippen LogP contribution in [0.1, 0.15) is 19.0 Å². The van der Waals surface area contributed by atoms with Gasteiger partial charge in [0.2, 0.25) is 10.0 Å². The lowest BCUT2D eigenvalue weighted by molar-refractivity contribution is 0.0752. The zero-order valence-corrected chi connectivity index (χ0v) is 12.7. The van der Waals surface area contributed by atoms with Crippen molar-refractivity contribution in [3.05, 3.63) is 18.0 Å². The number of ether oxygens (including phenoxy) is 1. The summed E-state index contributed by atoms with van der Waals surface area (Å²) in [4.78, 5) is 0.305. The van der Waals surface area contributed by atoms with Gasteiger partial charge in [-0.25, -0.2) is 8.42 Å². The molecule has 1 aliphatic rings. The van der Waals surface area contributed by atoms with Gasteiger partial charge >= 0.3 is 0 Å². The maximum Gasteiger partial charge on any atom is 0.244 e. The molecule has 1 aromatic rings. The van der Waals surface area contributed by atoms with Crippen molar-refractivity contribution < 1.29 is 13.2 Å². The van der Waals surface area contributed by atoms with Gasteiger partial charge in [0.1, 0.15) is 4.90 Å². The van der Waals surface area contributed by atoms with Gasteiger partial charge in [-0.2, -0.15) is 4.31 Å². The van der Waals surface area contributed by atoms with Gasteiger partial charge in [0, 0.05) is 38.6 Å². The number of alkyl halides is 1. The highest BCUT2D eigenvalue weighted by atomic mass is 35.5. The molecule has 1 atom stereocenters. The Bertz CT molecular complexity index is 541. The standard InChI is InChI=1S/C12H19ClN2O3S/c1-10-8-15(4-3-5-18-10)19(16,17)12-6-11(7-13)14(2)9-12/h6,9-10H,3-5,7-8H2,1-2H3. The normalized spacial score (nSPS) is 22.4. The van der Waals surface area contributed by atoms with Crippen LogP contribution in [0.4, 0.5) is 0 Å². The largest absolute Gasteiger partial charge is 0.377 e. The summed E-state index contributed by atoms with van der Waals surface area (Å²) >= 11 is 5.78. The third-order valence-corrected chi connectivity index (χ3v) is 5.38. The molecule has 1 fully saturated rings. The fourth-order valence-corrected chi connectivity index (χ4v) is 4.09. The van der Waals surface area contributed by atoms with Crippen LogP contribution < -0.4 is 0 Å². The van der Waals surface area contributed by atoms with Gasteiger partial charge in [0.25, 0.3) is 0 Å². The molecule has 7 heteroatoms. The van der Waals surface area contributed by atoms with Crippen molar-refractivity contribution in [1.29, 1.82) is 0 Å². The Morgan fingerprint density at radius 2 is 2.26 bits per heavy atom. The van der Waals surface area contributed by atoms with Crippen LogP contribution >= 0.6 is 11.6 Å². The van der Waals surface area contributed by atoms with Crippen molar-refractivity contribution in [2.45, 2.75) is 30.2 Å². The van der Waals surface area contributed by atoms with E-state index in [1.54, 1.807) is 23.9 Å². The molecule has 1 saturated heterocycles. The Hall–Kier alpha value is -0.560. The molecule has 2 heterocycles. The van der Waals surface area contributed by atoms with Crippen LogP contribution in [0.15, 0.2) is 17.2 Å². The lowest BCUT2D eigenvalue weighted by Gasteiger charge is -2.20. The number of aryl methyl sites for hydroxylation is 1. The van der Waals surface area contributed by atoms with E-state index < -0.39 is 10.0 Å². The highest BCUT2D eigenvalue weighted by molar-refractivity contribution is 7.89. The molecule has 0 spiro atoms. The minimum atomic E-state index is -3.46. The minimum absolute atomic E-state index is 0.0755. The van der Waals surface area contributed by atoms with Crippen LogP contribution in [-0.2, 0) is 27.7 Å². The summed E-state index contributed by atoms with van der Waals surface area (Å²) in [5.41, 5.74) is 0.791. The molecule has 0 saturated carbocycles. The summed E-state index contributed by atoms with van der Waals surface area (Å²) < 4.78 is 33.9. The Balaban J connectivity index is 2.29. The SMILES string of the molecule is CC1CN(S(=O)(=O)c2cc(CCl)n(C)c2)CCCO1. The van der Waals surface area contributed by atoms with Crippen molar-refractivity contribution in [2.24, 2.45) is 7.05 Å². The minimum Gasteiger partial charge on any atom is -0.377 e. The number of nitrogens with zero attached hydrogens (tertiary/aromatic N) is 2. The average Bonchev–Trinajstić information content (AvgIpc) is 2.60. The fraction of sp³-hybridized carbons (Fsp3) is 0.667. The molecule has 1 aliphatic heterocycles. The van der Waals surface area contributed by atoms with E-state index in [9.17, 15) is 8.42 Å². The molecule has 0 radical (unpaired) electrons. The molecule has 0 bridgehead atoms. The van der Waals surface area contributed by atoms with Crippen LogP contribution in [0, 0.1) is 0 Å². The number of aromatic nitrogens is 1. The number of hydrogen-bond acceptors (Lipinski definition) is 3. The van der Waals surface area contributed by atoms with E-state index >= 15 is 0 Å². The van der Waals surface area contributed by atoms with Crippen LogP contribution in [0.2, 0.25) is 0 Å². The quantitative estimate of drug-likeness (QED) is 0.796. The highest BCUT2D eigenvalue weighted by Gasteiger charge is 2.29. The second-order valence-corrected chi connectivity index (χ2v) is 7.01. The van der Waals surface area contributed by atoms with Crippen LogP contribution in [-0.4, -0.2) is 43.1 Å². The Labute approximate surface area is 119 Å². The third kappa shape index (κ3) is 3.13. The first-order chi connectivity index (χ1) is 8.95. The van der Waals surface area contributed by atoms with Gasteiger partial charge in [-0.1, -0.05) is 0 Å². The smallest absolute Gasteiger partial charge is 0.244 e. The average molecular weight is 307 g/mol. The first-order valence-electron chi connectivity index (χ1n) is 6.28. The molecule has 0 aliphatic carbocycles.